The molecule has 0 fully saturated rings. The number of nitrogens with zero attached hydrogens (tertiary/aromatic N) is 2. The monoisotopic (exact) mass is 326 g/mol. The minimum Gasteiger partial charge on any atom is -0.323 e. The molecule has 0 aliphatic carbocycles. The molecule has 1 atom stereocenters. The number of halogens is 1. The van der Waals surface area contributed by atoms with Crippen LogP contribution in [-0.2, 0) is 0 Å². The summed E-state index contributed by atoms with van der Waals surface area (Å²) < 4.78 is 1.12. The predicted octanol–water partition coefficient (Wildman–Crippen LogP) is 4.47. The summed E-state index contributed by atoms with van der Waals surface area (Å²) in [7, 11) is 0. The second-order valence-corrected chi connectivity index (χ2v) is 6.25. The molecule has 0 saturated carbocycles. The van der Waals surface area contributed by atoms with Crippen LogP contribution < -0.4 is 4.90 Å². The zero-order valence-electron chi connectivity index (χ0n) is 11.3. The van der Waals surface area contributed by atoms with Crippen LogP contribution in [0, 0.1) is 0 Å². The topological polar surface area (TPSA) is 15.6 Å². The maximum absolute atomic E-state index is 4.92. The van der Waals surface area contributed by atoms with Crippen molar-refractivity contribution in [3.63, 3.8) is 0 Å². The Morgan fingerprint density at radius 2 is 1.95 bits per heavy atom. The Morgan fingerprint density at radius 1 is 1.15 bits per heavy atom. The van der Waals surface area contributed by atoms with Crippen LogP contribution in [0.3, 0.4) is 0 Å². The van der Waals surface area contributed by atoms with Crippen molar-refractivity contribution in [3.05, 3.63) is 52.5 Å². The van der Waals surface area contributed by atoms with Gasteiger partial charge in [0.15, 0.2) is 0 Å². The largest absolute Gasteiger partial charge is 0.323 e. The summed E-state index contributed by atoms with van der Waals surface area (Å²) in [6, 6.07) is 15.5. The molecule has 0 amide bonds. The van der Waals surface area contributed by atoms with Crippen molar-refractivity contribution in [2.24, 2.45) is 4.99 Å². The third kappa shape index (κ3) is 1.66. The van der Waals surface area contributed by atoms with Crippen LogP contribution in [0.4, 0.5) is 5.69 Å². The Kier molecular flexibility index (Phi) is 2.71. The van der Waals surface area contributed by atoms with E-state index in [2.05, 4.69) is 70.2 Å². The normalized spacial score (nSPS) is 19.2. The number of aliphatic imine (C=N–C) groups is 1. The third-order valence-corrected chi connectivity index (χ3v) is 4.63. The molecule has 0 spiro atoms. The van der Waals surface area contributed by atoms with Gasteiger partial charge < -0.3 is 4.90 Å². The molecule has 2 aliphatic rings. The number of anilines is 1. The lowest BCUT2D eigenvalue weighted by Crippen LogP contribution is -2.33. The summed E-state index contributed by atoms with van der Waals surface area (Å²) in [6.07, 6.45) is 1.09. The third-order valence-electron chi connectivity index (χ3n) is 4.13. The Labute approximate surface area is 127 Å². The second-order valence-electron chi connectivity index (χ2n) is 5.33. The number of benzene rings is 2. The molecule has 2 aromatic carbocycles. The van der Waals surface area contributed by atoms with Gasteiger partial charge in [-0.25, -0.2) is 0 Å². The molecule has 2 aliphatic heterocycles. The molecule has 0 aromatic heterocycles. The molecule has 0 radical (unpaired) electrons. The van der Waals surface area contributed by atoms with Crippen molar-refractivity contribution in [1.82, 2.24) is 0 Å². The minimum absolute atomic E-state index is 0.410. The first-order valence-corrected chi connectivity index (χ1v) is 7.82. The Hall–Kier alpha value is -1.61. The first kappa shape index (κ1) is 12.2. The van der Waals surface area contributed by atoms with E-state index >= 15 is 0 Å². The van der Waals surface area contributed by atoms with Crippen molar-refractivity contribution < 1.29 is 0 Å². The highest BCUT2D eigenvalue weighted by atomic mass is 79.9. The van der Waals surface area contributed by atoms with E-state index in [0.717, 1.165) is 23.3 Å². The van der Waals surface area contributed by atoms with Crippen LogP contribution in [0.15, 0.2) is 51.9 Å². The van der Waals surface area contributed by atoms with Crippen molar-refractivity contribution in [2.75, 3.05) is 11.4 Å². The van der Waals surface area contributed by atoms with E-state index in [-0.39, 0.29) is 0 Å². The maximum atomic E-state index is 4.92. The van der Waals surface area contributed by atoms with Crippen LogP contribution >= 0.6 is 15.9 Å². The fourth-order valence-electron chi connectivity index (χ4n) is 3.10. The molecule has 0 bridgehead atoms. The average Bonchev–Trinajstić information content (AvgIpc) is 2.92. The van der Waals surface area contributed by atoms with Gasteiger partial charge in [0.1, 0.15) is 5.84 Å². The van der Waals surface area contributed by atoms with E-state index in [0.29, 0.717) is 6.04 Å². The fourth-order valence-corrected chi connectivity index (χ4v) is 3.46. The SMILES string of the molecule is CCC1CN2C(=N1)c1ccccc1-c1cc(Br)ccc12. The van der Waals surface area contributed by atoms with E-state index < -0.39 is 0 Å². The van der Waals surface area contributed by atoms with E-state index in [4.69, 9.17) is 4.99 Å². The molecule has 20 heavy (non-hydrogen) atoms. The summed E-state index contributed by atoms with van der Waals surface area (Å²) in [5, 5.41) is 0. The van der Waals surface area contributed by atoms with Crippen LogP contribution in [0.25, 0.3) is 11.1 Å². The van der Waals surface area contributed by atoms with Gasteiger partial charge in [0.2, 0.25) is 0 Å². The Balaban J connectivity index is 2.00. The first-order valence-electron chi connectivity index (χ1n) is 7.02. The lowest BCUT2D eigenvalue weighted by atomic mass is 9.93. The Bertz CT molecular complexity index is 721. The first-order chi connectivity index (χ1) is 9.78. The van der Waals surface area contributed by atoms with E-state index in [1.165, 1.54) is 22.4 Å². The van der Waals surface area contributed by atoms with Gasteiger partial charge in [0.05, 0.1) is 11.7 Å². The molecular weight excluding hydrogens is 312 g/mol. The standard InChI is InChI=1S/C17H15BrN2/c1-2-12-10-20-16-8-7-11(18)9-15(16)13-5-3-4-6-14(13)17(20)19-12/h3-9,12H,2,10H2,1H3. The highest BCUT2D eigenvalue weighted by Gasteiger charge is 2.33. The molecule has 2 heterocycles. The van der Waals surface area contributed by atoms with Crippen molar-refractivity contribution >= 4 is 27.5 Å². The molecule has 1 unspecified atom stereocenters. The lowest BCUT2D eigenvalue weighted by Gasteiger charge is -2.30. The number of hydrogen-bond acceptors (Lipinski definition) is 2. The fraction of sp³-hybridized carbons (Fsp3) is 0.235. The molecule has 0 N–H and O–H groups in total. The highest BCUT2D eigenvalue weighted by Crippen LogP contribution is 2.42. The number of rotatable bonds is 1. The van der Waals surface area contributed by atoms with E-state index in [9.17, 15) is 0 Å². The van der Waals surface area contributed by atoms with Gasteiger partial charge in [-0.15, -0.1) is 0 Å². The van der Waals surface area contributed by atoms with Crippen LogP contribution in [0.2, 0.25) is 0 Å². The summed E-state index contributed by atoms with van der Waals surface area (Å²) in [5.74, 6) is 1.14. The summed E-state index contributed by atoms with van der Waals surface area (Å²) in [6.45, 7) is 3.20. The van der Waals surface area contributed by atoms with Gasteiger partial charge in [0.25, 0.3) is 0 Å². The summed E-state index contributed by atoms with van der Waals surface area (Å²) in [4.78, 5) is 7.30. The van der Waals surface area contributed by atoms with E-state index in [1.54, 1.807) is 0 Å². The molecule has 0 saturated heterocycles. The van der Waals surface area contributed by atoms with Gasteiger partial charge in [-0.2, -0.15) is 0 Å². The van der Waals surface area contributed by atoms with Crippen molar-refractivity contribution in [2.45, 2.75) is 19.4 Å². The van der Waals surface area contributed by atoms with Crippen LogP contribution in [-0.4, -0.2) is 18.4 Å². The zero-order valence-corrected chi connectivity index (χ0v) is 12.9. The summed E-state index contributed by atoms with van der Waals surface area (Å²) in [5.41, 5.74) is 5.12. The molecule has 2 aromatic rings. The quantitative estimate of drug-likeness (QED) is 0.754. The Morgan fingerprint density at radius 3 is 2.75 bits per heavy atom. The summed E-state index contributed by atoms with van der Waals surface area (Å²) >= 11 is 3.59. The van der Waals surface area contributed by atoms with Gasteiger partial charge >= 0.3 is 0 Å². The lowest BCUT2D eigenvalue weighted by molar-refractivity contribution is 0.693. The molecule has 2 nitrogen and oxygen atoms in total. The molecular formula is C17H15BrN2. The van der Waals surface area contributed by atoms with Gasteiger partial charge in [-0.3, -0.25) is 4.99 Å². The van der Waals surface area contributed by atoms with Crippen molar-refractivity contribution in [1.29, 1.82) is 0 Å². The van der Waals surface area contributed by atoms with E-state index in [1.807, 2.05) is 0 Å². The van der Waals surface area contributed by atoms with Gasteiger partial charge in [-0.05, 0) is 30.2 Å². The number of amidine groups is 1. The molecule has 100 valence electrons. The second kappa shape index (κ2) is 4.45. The maximum Gasteiger partial charge on any atom is 0.136 e. The van der Waals surface area contributed by atoms with Gasteiger partial charge in [0, 0.05) is 22.1 Å². The van der Waals surface area contributed by atoms with Gasteiger partial charge in [-0.1, -0.05) is 47.1 Å². The van der Waals surface area contributed by atoms with Crippen LogP contribution in [0.5, 0.6) is 0 Å². The van der Waals surface area contributed by atoms with Crippen molar-refractivity contribution in [3.8, 4) is 11.1 Å². The van der Waals surface area contributed by atoms with Crippen LogP contribution in [0.1, 0.15) is 18.9 Å². The molecule has 3 heteroatoms. The minimum atomic E-state index is 0.410. The smallest absolute Gasteiger partial charge is 0.136 e. The predicted molar refractivity (Wildman–Crippen MR) is 87.5 cm³/mol. The number of hydrogen-bond donors (Lipinski definition) is 0. The molecule has 4 rings (SSSR count). The zero-order chi connectivity index (χ0) is 13.7. The average molecular weight is 327 g/mol. The number of fused-ring (bicyclic) bond motifs is 6. The highest BCUT2D eigenvalue weighted by molar-refractivity contribution is 9.10.